The van der Waals surface area contributed by atoms with Gasteiger partial charge in [-0.05, 0) is 48.1 Å². The molecular weight excluding hydrogens is 294 g/mol. The summed E-state index contributed by atoms with van der Waals surface area (Å²) in [4.78, 5) is 12.1. The lowest BCUT2D eigenvalue weighted by molar-refractivity contribution is 0.0954. The maximum Gasteiger partial charge on any atom is 0.251 e. The van der Waals surface area contributed by atoms with Gasteiger partial charge in [-0.3, -0.25) is 4.79 Å². The number of nitrogens with one attached hydrogen (secondary N) is 1. The zero-order chi connectivity index (χ0) is 15.8. The average Bonchev–Trinajstić information content (AvgIpc) is 2.56. The van der Waals surface area contributed by atoms with Crippen LogP contribution in [0.2, 0.25) is 0 Å². The van der Waals surface area contributed by atoms with Gasteiger partial charge < -0.3 is 10.1 Å². The van der Waals surface area contributed by atoms with E-state index in [-0.39, 0.29) is 5.91 Å². The fourth-order valence-electron chi connectivity index (χ4n) is 2.13. The van der Waals surface area contributed by atoms with Gasteiger partial charge in [0, 0.05) is 17.9 Å². The lowest BCUT2D eigenvalue weighted by Gasteiger charge is -2.07. The van der Waals surface area contributed by atoms with Crippen LogP contribution in [0.15, 0.2) is 48.5 Å². The van der Waals surface area contributed by atoms with E-state index >= 15 is 0 Å². The van der Waals surface area contributed by atoms with E-state index in [1.54, 1.807) is 18.9 Å². The van der Waals surface area contributed by atoms with Gasteiger partial charge in [0.2, 0.25) is 0 Å². The molecule has 2 rings (SSSR count). The van der Waals surface area contributed by atoms with Crippen LogP contribution in [-0.2, 0) is 12.2 Å². The molecule has 0 spiro atoms. The van der Waals surface area contributed by atoms with E-state index < -0.39 is 0 Å². The van der Waals surface area contributed by atoms with Crippen LogP contribution in [0.3, 0.4) is 0 Å². The Bertz CT molecular complexity index is 593. The summed E-state index contributed by atoms with van der Waals surface area (Å²) in [5.41, 5.74) is 3.12. The number of carbonyl (C=O) groups excluding carboxylic acids is 1. The van der Waals surface area contributed by atoms with Gasteiger partial charge >= 0.3 is 0 Å². The number of carbonyl (C=O) groups is 1. The molecular formula is C18H21NO2S. The lowest BCUT2D eigenvalue weighted by Crippen LogP contribution is -2.25. The standard InChI is InChI=1S/C18H21NO2S/c1-21-17-9-5-14(6-10-17)11-12-19-18(20)16-7-3-15(4-8-16)13-22-2/h3-10H,11-13H2,1-2H3,(H,19,20). The number of amides is 1. The third-order valence-corrected chi connectivity index (χ3v) is 4.01. The van der Waals surface area contributed by atoms with E-state index in [0.717, 1.165) is 17.9 Å². The molecule has 0 aliphatic heterocycles. The van der Waals surface area contributed by atoms with E-state index in [0.29, 0.717) is 12.1 Å². The topological polar surface area (TPSA) is 38.3 Å². The summed E-state index contributed by atoms with van der Waals surface area (Å²) in [5, 5.41) is 2.95. The van der Waals surface area contributed by atoms with Crippen LogP contribution in [0.25, 0.3) is 0 Å². The fourth-order valence-corrected chi connectivity index (χ4v) is 2.66. The second-order valence-electron chi connectivity index (χ2n) is 4.98. The highest BCUT2D eigenvalue weighted by atomic mass is 32.2. The molecule has 0 aliphatic carbocycles. The Labute approximate surface area is 136 Å². The summed E-state index contributed by atoms with van der Waals surface area (Å²) in [6.45, 7) is 0.623. The summed E-state index contributed by atoms with van der Waals surface area (Å²) in [6.07, 6.45) is 2.88. The number of ether oxygens (including phenoxy) is 1. The van der Waals surface area contributed by atoms with Gasteiger partial charge in [-0.25, -0.2) is 0 Å². The van der Waals surface area contributed by atoms with Crippen LogP contribution >= 0.6 is 11.8 Å². The molecule has 0 heterocycles. The van der Waals surface area contributed by atoms with Crippen molar-refractivity contribution in [3.8, 4) is 5.75 Å². The van der Waals surface area contributed by atoms with Crippen LogP contribution in [0, 0.1) is 0 Å². The molecule has 0 atom stereocenters. The summed E-state index contributed by atoms with van der Waals surface area (Å²) >= 11 is 1.77. The molecule has 0 aromatic heterocycles. The van der Waals surface area contributed by atoms with Gasteiger partial charge in [0.15, 0.2) is 0 Å². The van der Waals surface area contributed by atoms with E-state index in [1.165, 1.54) is 11.1 Å². The number of benzene rings is 2. The lowest BCUT2D eigenvalue weighted by atomic mass is 10.1. The Morgan fingerprint density at radius 1 is 1.05 bits per heavy atom. The second-order valence-corrected chi connectivity index (χ2v) is 5.85. The molecule has 0 saturated carbocycles. The molecule has 116 valence electrons. The fraction of sp³-hybridized carbons (Fsp3) is 0.278. The third kappa shape index (κ3) is 4.81. The summed E-state index contributed by atoms with van der Waals surface area (Å²) in [5.74, 6) is 1.79. The summed E-state index contributed by atoms with van der Waals surface area (Å²) in [6, 6.07) is 15.7. The molecule has 4 heteroatoms. The van der Waals surface area contributed by atoms with Crippen molar-refractivity contribution in [1.82, 2.24) is 5.32 Å². The molecule has 2 aromatic carbocycles. The number of thioether (sulfide) groups is 1. The predicted molar refractivity (Wildman–Crippen MR) is 92.7 cm³/mol. The molecule has 3 nitrogen and oxygen atoms in total. The van der Waals surface area contributed by atoms with Gasteiger partial charge in [0.05, 0.1) is 7.11 Å². The first-order valence-corrected chi connectivity index (χ1v) is 8.61. The van der Waals surface area contributed by atoms with Crippen LogP contribution in [0.1, 0.15) is 21.5 Å². The first kappa shape index (κ1) is 16.4. The molecule has 0 radical (unpaired) electrons. The first-order chi connectivity index (χ1) is 10.7. The number of hydrogen-bond donors (Lipinski definition) is 1. The molecule has 2 aromatic rings. The van der Waals surface area contributed by atoms with Gasteiger partial charge in [-0.2, -0.15) is 11.8 Å². The highest BCUT2D eigenvalue weighted by molar-refractivity contribution is 7.97. The zero-order valence-electron chi connectivity index (χ0n) is 13.0. The minimum absolute atomic E-state index is 0.0239. The molecule has 0 fully saturated rings. The quantitative estimate of drug-likeness (QED) is 0.849. The van der Waals surface area contributed by atoms with Crippen LogP contribution in [0.5, 0.6) is 5.75 Å². The van der Waals surface area contributed by atoms with E-state index in [4.69, 9.17) is 4.74 Å². The Morgan fingerprint density at radius 3 is 2.27 bits per heavy atom. The van der Waals surface area contributed by atoms with Crippen molar-refractivity contribution in [1.29, 1.82) is 0 Å². The summed E-state index contributed by atoms with van der Waals surface area (Å²) < 4.78 is 5.13. The third-order valence-electron chi connectivity index (χ3n) is 3.39. The Hall–Kier alpha value is -1.94. The Morgan fingerprint density at radius 2 is 1.68 bits per heavy atom. The molecule has 0 aliphatic rings. The maximum absolute atomic E-state index is 12.1. The van der Waals surface area contributed by atoms with E-state index in [2.05, 4.69) is 11.6 Å². The van der Waals surface area contributed by atoms with Crippen molar-refractivity contribution in [3.05, 3.63) is 65.2 Å². The average molecular weight is 315 g/mol. The van der Waals surface area contributed by atoms with Crippen LogP contribution in [0.4, 0.5) is 0 Å². The minimum atomic E-state index is -0.0239. The molecule has 22 heavy (non-hydrogen) atoms. The molecule has 0 saturated heterocycles. The van der Waals surface area contributed by atoms with Crippen molar-refractivity contribution in [2.75, 3.05) is 19.9 Å². The van der Waals surface area contributed by atoms with Crippen LogP contribution < -0.4 is 10.1 Å². The first-order valence-electron chi connectivity index (χ1n) is 7.22. The second kappa shape index (κ2) is 8.49. The largest absolute Gasteiger partial charge is 0.497 e. The van der Waals surface area contributed by atoms with Crippen molar-refractivity contribution < 1.29 is 9.53 Å². The maximum atomic E-state index is 12.1. The SMILES string of the molecule is COc1ccc(CCNC(=O)c2ccc(CSC)cc2)cc1. The highest BCUT2D eigenvalue weighted by Gasteiger charge is 2.04. The molecule has 0 bridgehead atoms. The van der Waals surface area contributed by atoms with E-state index in [9.17, 15) is 4.79 Å². The normalized spacial score (nSPS) is 10.3. The number of rotatable bonds is 7. The van der Waals surface area contributed by atoms with Gasteiger partial charge in [-0.15, -0.1) is 0 Å². The predicted octanol–water partition coefficient (Wildman–Crippen LogP) is 3.53. The smallest absolute Gasteiger partial charge is 0.251 e. The van der Waals surface area contributed by atoms with Gasteiger partial charge in [-0.1, -0.05) is 24.3 Å². The molecule has 1 N–H and O–H groups in total. The number of methoxy groups -OCH3 is 1. The van der Waals surface area contributed by atoms with Crippen molar-refractivity contribution >= 4 is 17.7 Å². The minimum Gasteiger partial charge on any atom is -0.497 e. The van der Waals surface area contributed by atoms with Crippen molar-refractivity contribution in [2.24, 2.45) is 0 Å². The molecule has 0 unspecified atom stereocenters. The van der Waals surface area contributed by atoms with Gasteiger partial charge in [0.1, 0.15) is 5.75 Å². The van der Waals surface area contributed by atoms with E-state index in [1.807, 2.05) is 48.5 Å². The Kier molecular flexibility index (Phi) is 6.34. The number of hydrogen-bond acceptors (Lipinski definition) is 3. The Balaban J connectivity index is 1.81. The monoisotopic (exact) mass is 315 g/mol. The van der Waals surface area contributed by atoms with Gasteiger partial charge in [0.25, 0.3) is 5.91 Å². The molecule has 1 amide bonds. The zero-order valence-corrected chi connectivity index (χ0v) is 13.8. The van der Waals surface area contributed by atoms with Crippen LogP contribution in [-0.4, -0.2) is 25.8 Å². The highest BCUT2D eigenvalue weighted by Crippen LogP contribution is 2.12. The summed E-state index contributed by atoms with van der Waals surface area (Å²) in [7, 11) is 1.65. The van der Waals surface area contributed by atoms with Crippen molar-refractivity contribution in [3.63, 3.8) is 0 Å². The van der Waals surface area contributed by atoms with Crippen molar-refractivity contribution in [2.45, 2.75) is 12.2 Å².